The molecule has 1 heterocycles. The molecule has 78 valence electrons. The fourth-order valence-electron chi connectivity index (χ4n) is 2.33. The first-order valence-electron chi connectivity index (χ1n) is 5.28. The highest BCUT2D eigenvalue weighted by atomic mass is 32.1. The Morgan fingerprint density at radius 1 is 1.29 bits per heavy atom. The van der Waals surface area contributed by atoms with Crippen LogP contribution in [-0.4, -0.2) is 20.5 Å². The molecule has 1 aliphatic carbocycles. The summed E-state index contributed by atoms with van der Waals surface area (Å²) in [5.41, 5.74) is 0.370. The van der Waals surface area contributed by atoms with Crippen LogP contribution >= 0.6 is 12.6 Å². The normalized spacial score (nSPS) is 20.9. The molecule has 0 amide bonds. The molecule has 0 aromatic carbocycles. The highest BCUT2D eigenvalue weighted by Gasteiger charge is 2.31. The van der Waals surface area contributed by atoms with Gasteiger partial charge in [0.25, 0.3) is 0 Å². The van der Waals surface area contributed by atoms with Gasteiger partial charge in [0.2, 0.25) is 0 Å². The molecular formula is C10H17N3S. The molecule has 0 aliphatic heterocycles. The number of hydrogen-bond donors (Lipinski definition) is 1. The molecular weight excluding hydrogens is 194 g/mol. The van der Waals surface area contributed by atoms with Gasteiger partial charge >= 0.3 is 0 Å². The van der Waals surface area contributed by atoms with Gasteiger partial charge in [-0.1, -0.05) is 19.3 Å². The highest BCUT2D eigenvalue weighted by molar-refractivity contribution is 7.80. The van der Waals surface area contributed by atoms with Crippen LogP contribution in [0.3, 0.4) is 0 Å². The number of rotatable bonds is 3. The van der Waals surface area contributed by atoms with E-state index in [0.29, 0.717) is 5.41 Å². The Morgan fingerprint density at radius 3 is 2.64 bits per heavy atom. The first-order chi connectivity index (χ1) is 6.85. The van der Waals surface area contributed by atoms with Crippen LogP contribution in [0.4, 0.5) is 0 Å². The summed E-state index contributed by atoms with van der Waals surface area (Å²) in [5.74, 6) is 0.965. The fourth-order valence-corrected chi connectivity index (χ4v) is 2.74. The second-order valence-electron chi connectivity index (χ2n) is 4.31. The quantitative estimate of drug-likeness (QED) is 0.777. The molecule has 0 atom stereocenters. The van der Waals surface area contributed by atoms with Crippen LogP contribution in [0.1, 0.15) is 32.1 Å². The Hall–Kier alpha value is -0.510. The smallest absolute Gasteiger partial charge is 0.137 e. The summed E-state index contributed by atoms with van der Waals surface area (Å²) in [6.45, 7) is 0.983. The summed E-state index contributed by atoms with van der Waals surface area (Å²) in [6.07, 6.45) is 10.1. The van der Waals surface area contributed by atoms with Crippen molar-refractivity contribution < 1.29 is 0 Å². The Kier molecular flexibility index (Phi) is 3.11. The fraction of sp³-hybridized carbons (Fsp3) is 0.800. The lowest BCUT2D eigenvalue weighted by atomic mass is 9.75. The van der Waals surface area contributed by atoms with Crippen LogP contribution in [0, 0.1) is 5.41 Å². The third kappa shape index (κ3) is 2.11. The first-order valence-corrected chi connectivity index (χ1v) is 5.91. The van der Waals surface area contributed by atoms with E-state index in [1.807, 2.05) is 4.68 Å². The van der Waals surface area contributed by atoms with Gasteiger partial charge < -0.3 is 0 Å². The lowest BCUT2D eigenvalue weighted by Gasteiger charge is -2.35. The molecule has 0 radical (unpaired) electrons. The number of nitrogens with zero attached hydrogens (tertiary/aromatic N) is 3. The molecule has 0 bridgehead atoms. The van der Waals surface area contributed by atoms with Crippen LogP contribution in [0.15, 0.2) is 12.7 Å². The number of aromatic nitrogens is 3. The number of thiol groups is 1. The molecule has 0 saturated heterocycles. The van der Waals surface area contributed by atoms with Gasteiger partial charge in [0.05, 0.1) is 0 Å². The monoisotopic (exact) mass is 211 g/mol. The Morgan fingerprint density at radius 2 is 2.07 bits per heavy atom. The van der Waals surface area contributed by atoms with Crippen molar-refractivity contribution in [2.24, 2.45) is 5.41 Å². The molecule has 1 fully saturated rings. The number of hydrogen-bond acceptors (Lipinski definition) is 3. The molecule has 0 N–H and O–H groups in total. The third-order valence-corrected chi connectivity index (χ3v) is 3.88. The topological polar surface area (TPSA) is 30.7 Å². The van der Waals surface area contributed by atoms with Crippen molar-refractivity contribution in [3.8, 4) is 0 Å². The maximum Gasteiger partial charge on any atom is 0.137 e. The summed E-state index contributed by atoms with van der Waals surface area (Å²) < 4.78 is 1.95. The van der Waals surface area contributed by atoms with Gasteiger partial charge in [-0.2, -0.15) is 17.7 Å². The Bertz CT molecular complexity index is 265. The predicted molar refractivity (Wildman–Crippen MR) is 59.4 cm³/mol. The van der Waals surface area contributed by atoms with E-state index >= 15 is 0 Å². The summed E-state index contributed by atoms with van der Waals surface area (Å²) in [4.78, 5) is 3.98. The lowest BCUT2D eigenvalue weighted by molar-refractivity contribution is 0.182. The molecule has 1 aromatic heterocycles. The molecule has 14 heavy (non-hydrogen) atoms. The van der Waals surface area contributed by atoms with Gasteiger partial charge in [0.1, 0.15) is 12.7 Å². The molecule has 2 rings (SSSR count). The molecule has 3 nitrogen and oxygen atoms in total. The summed E-state index contributed by atoms with van der Waals surface area (Å²) >= 11 is 4.50. The molecule has 1 aliphatic rings. The molecule has 1 saturated carbocycles. The van der Waals surface area contributed by atoms with Crippen molar-refractivity contribution in [1.29, 1.82) is 0 Å². The van der Waals surface area contributed by atoms with Crippen LogP contribution in [0.5, 0.6) is 0 Å². The van der Waals surface area contributed by atoms with Gasteiger partial charge in [-0.05, 0) is 24.0 Å². The van der Waals surface area contributed by atoms with E-state index in [2.05, 4.69) is 22.7 Å². The predicted octanol–water partition coefficient (Wildman–Crippen LogP) is 2.16. The zero-order valence-electron chi connectivity index (χ0n) is 8.39. The van der Waals surface area contributed by atoms with Gasteiger partial charge in [0, 0.05) is 6.54 Å². The maximum atomic E-state index is 4.50. The minimum absolute atomic E-state index is 0.370. The largest absolute Gasteiger partial charge is 0.252 e. The van der Waals surface area contributed by atoms with E-state index in [4.69, 9.17) is 0 Å². The van der Waals surface area contributed by atoms with Gasteiger partial charge in [-0.15, -0.1) is 0 Å². The minimum Gasteiger partial charge on any atom is -0.252 e. The van der Waals surface area contributed by atoms with Crippen LogP contribution in [0.2, 0.25) is 0 Å². The third-order valence-electron chi connectivity index (χ3n) is 3.21. The molecule has 0 unspecified atom stereocenters. The summed E-state index contributed by atoms with van der Waals surface area (Å²) in [6, 6.07) is 0. The lowest BCUT2D eigenvalue weighted by Crippen LogP contribution is -2.31. The van der Waals surface area contributed by atoms with Gasteiger partial charge in [-0.3, -0.25) is 4.68 Å². The van der Waals surface area contributed by atoms with Crippen LogP contribution in [0.25, 0.3) is 0 Å². The zero-order chi connectivity index (χ0) is 9.86. The molecule has 1 aromatic rings. The van der Waals surface area contributed by atoms with Crippen molar-refractivity contribution in [2.75, 3.05) is 5.75 Å². The van der Waals surface area contributed by atoms with Crippen molar-refractivity contribution in [2.45, 2.75) is 38.6 Å². The average molecular weight is 211 g/mol. The Labute approximate surface area is 90.3 Å². The van der Waals surface area contributed by atoms with Crippen LogP contribution < -0.4 is 0 Å². The minimum atomic E-state index is 0.370. The molecule has 0 spiro atoms. The van der Waals surface area contributed by atoms with Crippen LogP contribution in [-0.2, 0) is 6.54 Å². The first kappa shape index (κ1) is 10.0. The Balaban J connectivity index is 2.04. The van der Waals surface area contributed by atoms with E-state index < -0.39 is 0 Å². The van der Waals surface area contributed by atoms with Crippen molar-refractivity contribution in [3.63, 3.8) is 0 Å². The summed E-state index contributed by atoms with van der Waals surface area (Å²) in [7, 11) is 0. The zero-order valence-corrected chi connectivity index (χ0v) is 9.29. The maximum absolute atomic E-state index is 4.50. The van der Waals surface area contributed by atoms with Crippen molar-refractivity contribution >= 4 is 12.6 Å². The van der Waals surface area contributed by atoms with E-state index in [9.17, 15) is 0 Å². The van der Waals surface area contributed by atoms with E-state index in [1.54, 1.807) is 12.7 Å². The second kappa shape index (κ2) is 4.34. The summed E-state index contributed by atoms with van der Waals surface area (Å²) in [5, 5.41) is 4.17. The van der Waals surface area contributed by atoms with Crippen molar-refractivity contribution in [3.05, 3.63) is 12.7 Å². The van der Waals surface area contributed by atoms with E-state index in [0.717, 1.165) is 12.3 Å². The highest BCUT2D eigenvalue weighted by Crippen LogP contribution is 2.38. The van der Waals surface area contributed by atoms with E-state index in [-0.39, 0.29) is 0 Å². The average Bonchev–Trinajstić information content (AvgIpc) is 2.72. The van der Waals surface area contributed by atoms with Gasteiger partial charge in [-0.25, -0.2) is 4.98 Å². The standard InChI is InChI=1S/C10H17N3S/c14-7-10(4-2-1-3-5-10)6-13-9-11-8-12-13/h8-9,14H,1-7H2. The van der Waals surface area contributed by atoms with Gasteiger partial charge in [0.15, 0.2) is 0 Å². The SMILES string of the molecule is SCC1(Cn2cncn2)CCCCC1. The molecule has 4 heteroatoms. The second-order valence-corrected chi connectivity index (χ2v) is 4.63. The van der Waals surface area contributed by atoms with E-state index in [1.165, 1.54) is 32.1 Å². The van der Waals surface area contributed by atoms with Crippen molar-refractivity contribution in [1.82, 2.24) is 14.8 Å².